The molecule has 0 aliphatic carbocycles. The second-order valence-electron chi connectivity index (χ2n) is 7.47. The third-order valence-corrected chi connectivity index (χ3v) is 5.55. The number of ether oxygens (including phenoxy) is 1. The summed E-state index contributed by atoms with van der Waals surface area (Å²) >= 11 is 0. The Balaban J connectivity index is 1.35. The van der Waals surface area contributed by atoms with E-state index in [9.17, 15) is 5.11 Å². The zero-order chi connectivity index (χ0) is 18.8. The summed E-state index contributed by atoms with van der Waals surface area (Å²) < 4.78 is 7.49. The number of β-amino-alcohol motifs (C(OH)–C–C–N with tert-alkyl or cyclic N) is 1. The highest BCUT2D eigenvalue weighted by atomic mass is 16.5. The molecule has 2 aliphatic rings. The Morgan fingerprint density at radius 1 is 1.26 bits per heavy atom. The van der Waals surface area contributed by atoms with Crippen LogP contribution in [0.4, 0.5) is 0 Å². The minimum atomic E-state index is -0.305. The Morgan fingerprint density at radius 2 is 2.11 bits per heavy atom. The van der Waals surface area contributed by atoms with E-state index in [1.54, 1.807) is 7.11 Å². The number of aryl methyl sites for hydroxylation is 1. The largest absolute Gasteiger partial charge is 0.496 e. The number of aromatic nitrogens is 2. The van der Waals surface area contributed by atoms with Crippen LogP contribution >= 0.6 is 0 Å². The van der Waals surface area contributed by atoms with Crippen LogP contribution in [0.1, 0.15) is 17.0 Å². The Morgan fingerprint density at radius 3 is 2.96 bits per heavy atom. The van der Waals surface area contributed by atoms with Crippen LogP contribution < -0.4 is 4.74 Å². The van der Waals surface area contributed by atoms with Crippen molar-refractivity contribution in [2.45, 2.75) is 32.2 Å². The molecule has 4 rings (SSSR count). The first-order valence-electron chi connectivity index (χ1n) is 9.61. The van der Waals surface area contributed by atoms with Crippen LogP contribution in [0, 0.1) is 6.92 Å². The predicted molar refractivity (Wildman–Crippen MR) is 106 cm³/mol. The minimum absolute atomic E-state index is 0.189. The lowest BCUT2D eigenvalue weighted by Crippen LogP contribution is -2.47. The van der Waals surface area contributed by atoms with E-state index in [0.717, 1.165) is 56.3 Å². The van der Waals surface area contributed by atoms with Crippen molar-refractivity contribution in [3.63, 3.8) is 0 Å². The second-order valence-corrected chi connectivity index (χ2v) is 7.47. The Bertz CT molecular complexity index is 816. The van der Waals surface area contributed by atoms with Gasteiger partial charge in [0.1, 0.15) is 5.75 Å². The van der Waals surface area contributed by atoms with Crippen molar-refractivity contribution in [1.82, 2.24) is 19.6 Å². The van der Waals surface area contributed by atoms with Gasteiger partial charge in [-0.25, -0.2) is 0 Å². The summed E-state index contributed by atoms with van der Waals surface area (Å²) in [5.41, 5.74) is 3.40. The van der Waals surface area contributed by atoms with Gasteiger partial charge in [0.05, 0.1) is 37.2 Å². The van der Waals surface area contributed by atoms with Crippen LogP contribution in [0.25, 0.3) is 6.08 Å². The Labute approximate surface area is 160 Å². The molecule has 0 radical (unpaired) electrons. The fourth-order valence-electron chi connectivity index (χ4n) is 4.20. The zero-order valence-corrected chi connectivity index (χ0v) is 16.1. The predicted octanol–water partition coefficient (Wildman–Crippen LogP) is 1.77. The molecule has 6 nitrogen and oxygen atoms in total. The van der Waals surface area contributed by atoms with Gasteiger partial charge in [-0.15, -0.1) is 0 Å². The van der Waals surface area contributed by atoms with Gasteiger partial charge in [0.2, 0.25) is 0 Å². The highest BCUT2D eigenvalue weighted by Gasteiger charge is 2.36. The maximum absolute atomic E-state index is 10.6. The van der Waals surface area contributed by atoms with Gasteiger partial charge in [-0.3, -0.25) is 14.5 Å². The van der Waals surface area contributed by atoms with E-state index >= 15 is 0 Å². The molecular weight excluding hydrogens is 340 g/mol. The Hall–Kier alpha value is -2.15. The van der Waals surface area contributed by atoms with Crippen LogP contribution in [0.3, 0.4) is 0 Å². The molecule has 0 bridgehead atoms. The van der Waals surface area contributed by atoms with E-state index in [1.165, 1.54) is 5.69 Å². The van der Waals surface area contributed by atoms with Gasteiger partial charge in [-0.2, -0.15) is 5.10 Å². The van der Waals surface area contributed by atoms with E-state index in [-0.39, 0.29) is 12.1 Å². The molecule has 0 spiro atoms. The molecule has 0 saturated carbocycles. The number of rotatable bonds is 5. The molecule has 1 fully saturated rings. The molecule has 144 valence electrons. The third kappa shape index (κ3) is 3.93. The summed E-state index contributed by atoms with van der Waals surface area (Å²) in [6.07, 6.45) is 3.95. The summed E-state index contributed by atoms with van der Waals surface area (Å²) in [6, 6.07) is 10.4. The van der Waals surface area contributed by atoms with Crippen LogP contribution in [0.15, 0.2) is 36.4 Å². The molecule has 1 aromatic heterocycles. The van der Waals surface area contributed by atoms with Crippen molar-refractivity contribution >= 4 is 6.08 Å². The van der Waals surface area contributed by atoms with Crippen molar-refractivity contribution in [2.75, 3.05) is 33.3 Å². The summed E-state index contributed by atoms with van der Waals surface area (Å²) in [6.45, 7) is 7.20. The van der Waals surface area contributed by atoms with Crippen LogP contribution in [-0.4, -0.2) is 70.1 Å². The highest BCUT2D eigenvalue weighted by molar-refractivity contribution is 5.57. The smallest absolute Gasteiger partial charge is 0.126 e. The molecule has 2 aromatic rings. The molecule has 6 heteroatoms. The highest BCUT2D eigenvalue weighted by Crippen LogP contribution is 2.23. The lowest BCUT2D eigenvalue weighted by atomic mass is 10.1. The van der Waals surface area contributed by atoms with E-state index in [4.69, 9.17) is 4.74 Å². The van der Waals surface area contributed by atoms with Crippen molar-refractivity contribution in [1.29, 1.82) is 0 Å². The molecule has 0 amide bonds. The fraction of sp³-hybridized carbons (Fsp3) is 0.476. The van der Waals surface area contributed by atoms with Crippen LogP contribution in [-0.2, 0) is 13.1 Å². The van der Waals surface area contributed by atoms with Gasteiger partial charge in [-0.1, -0.05) is 30.4 Å². The van der Waals surface area contributed by atoms with Crippen LogP contribution in [0.5, 0.6) is 5.75 Å². The van der Waals surface area contributed by atoms with Gasteiger partial charge in [0.15, 0.2) is 0 Å². The second kappa shape index (κ2) is 7.84. The number of nitrogens with zero attached hydrogens (tertiary/aromatic N) is 4. The number of para-hydroxylation sites is 1. The maximum atomic E-state index is 10.6. The topological polar surface area (TPSA) is 53.8 Å². The lowest BCUT2D eigenvalue weighted by Gasteiger charge is -2.34. The molecule has 1 saturated heterocycles. The van der Waals surface area contributed by atoms with Gasteiger partial charge in [0.25, 0.3) is 0 Å². The number of benzene rings is 1. The first kappa shape index (κ1) is 18.2. The third-order valence-electron chi connectivity index (χ3n) is 5.55. The standard InChI is InChI=1S/C21H28N4O2/c1-16-12-18-13-24(10-11-25(18)22-16)19-14-23(15-20(19)26)9-5-7-17-6-3-4-8-21(17)27-2/h3-8,12,19-20,26H,9-11,13-15H2,1-2H3/b7-5+/t19-,20-/m0/s1. The van der Waals surface area contributed by atoms with Crippen molar-refractivity contribution < 1.29 is 9.84 Å². The van der Waals surface area contributed by atoms with Crippen LogP contribution in [0.2, 0.25) is 0 Å². The first-order chi connectivity index (χ1) is 13.1. The zero-order valence-electron chi connectivity index (χ0n) is 16.1. The molecule has 2 atom stereocenters. The average molecular weight is 368 g/mol. The number of aliphatic hydroxyl groups excluding tert-OH is 1. The van der Waals surface area contributed by atoms with Gasteiger partial charge in [-0.05, 0) is 19.1 Å². The number of fused-ring (bicyclic) bond motifs is 1. The van der Waals surface area contributed by atoms with Crippen molar-refractivity contribution in [3.8, 4) is 5.75 Å². The minimum Gasteiger partial charge on any atom is -0.496 e. The average Bonchev–Trinajstić information content (AvgIpc) is 3.22. The van der Waals surface area contributed by atoms with Crippen molar-refractivity contribution in [2.24, 2.45) is 0 Å². The van der Waals surface area contributed by atoms with E-state index in [1.807, 2.05) is 25.1 Å². The van der Waals surface area contributed by atoms with Gasteiger partial charge >= 0.3 is 0 Å². The SMILES string of the molecule is COc1ccccc1/C=C/CN1C[C@H](O)[C@@H](N2CCn3nc(C)cc3C2)C1. The lowest BCUT2D eigenvalue weighted by molar-refractivity contribution is 0.0640. The number of methoxy groups -OCH3 is 1. The number of aliphatic hydroxyl groups is 1. The number of likely N-dealkylation sites (tertiary alicyclic amines) is 1. The molecule has 2 aliphatic heterocycles. The summed E-state index contributed by atoms with van der Waals surface area (Å²) in [7, 11) is 1.69. The monoisotopic (exact) mass is 368 g/mol. The van der Waals surface area contributed by atoms with E-state index < -0.39 is 0 Å². The van der Waals surface area contributed by atoms with E-state index in [0.29, 0.717) is 0 Å². The molecular formula is C21H28N4O2. The van der Waals surface area contributed by atoms with Crippen molar-refractivity contribution in [3.05, 3.63) is 53.4 Å². The number of hydrogen-bond acceptors (Lipinski definition) is 5. The summed E-state index contributed by atoms with van der Waals surface area (Å²) in [5.74, 6) is 0.883. The van der Waals surface area contributed by atoms with Gasteiger partial charge in [0, 0.05) is 38.3 Å². The first-order valence-corrected chi connectivity index (χ1v) is 9.61. The normalized spacial score (nSPS) is 23.8. The summed E-state index contributed by atoms with van der Waals surface area (Å²) in [4.78, 5) is 4.73. The summed E-state index contributed by atoms with van der Waals surface area (Å²) in [5, 5.41) is 15.1. The molecule has 0 unspecified atom stereocenters. The Kier molecular flexibility index (Phi) is 5.29. The molecule has 3 heterocycles. The molecule has 1 N–H and O–H groups in total. The quantitative estimate of drug-likeness (QED) is 0.872. The maximum Gasteiger partial charge on any atom is 0.126 e. The number of hydrogen-bond donors (Lipinski definition) is 1. The molecule has 1 aromatic carbocycles. The molecule has 27 heavy (non-hydrogen) atoms. The van der Waals surface area contributed by atoms with E-state index in [2.05, 4.69) is 43.9 Å². The van der Waals surface area contributed by atoms with Gasteiger partial charge < -0.3 is 9.84 Å². The fourth-order valence-corrected chi connectivity index (χ4v) is 4.20.